The molecule has 0 spiro atoms. The molecular formula is C20H22N4O3. The first-order valence-corrected chi connectivity index (χ1v) is 9.13. The first kappa shape index (κ1) is 17.6. The van der Waals surface area contributed by atoms with E-state index in [-0.39, 0.29) is 12.5 Å². The highest BCUT2D eigenvalue weighted by Gasteiger charge is 2.20. The van der Waals surface area contributed by atoms with E-state index in [9.17, 15) is 9.90 Å². The highest BCUT2D eigenvalue weighted by Crippen LogP contribution is 2.25. The molecule has 1 atom stereocenters. The van der Waals surface area contributed by atoms with Gasteiger partial charge in [0.1, 0.15) is 5.52 Å². The van der Waals surface area contributed by atoms with Crippen molar-refractivity contribution in [2.75, 3.05) is 19.8 Å². The number of hydrogen-bond acceptors (Lipinski definition) is 5. The number of aromatic nitrogens is 3. The van der Waals surface area contributed by atoms with Gasteiger partial charge in [-0.05, 0) is 24.5 Å². The third-order valence-electron chi connectivity index (χ3n) is 4.95. The van der Waals surface area contributed by atoms with Crippen LogP contribution in [0.25, 0.3) is 11.2 Å². The van der Waals surface area contributed by atoms with Gasteiger partial charge in [-0.25, -0.2) is 9.97 Å². The van der Waals surface area contributed by atoms with E-state index in [4.69, 9.17) is 4.74 Å². The first-order valence-electron chi connectivity index (χ1n) is 9.13. The average Bonchev–Trinajstić information content (AvgIpc) is 3.16. The van der Waals surface area contributed by atoms with E-state index in [1.165, 1.54) is 0 Å². The molecule has 3 aromatic rings. The summed E-state index contributed by atoms with van der Waals surface area (Å²) in [5.74, 6) is -0.284. The molecule has 0 saturated carbocycles. The number of ether oxygens (including phenoxy) is 1. The molecule has 4 rings (SSSR count). The molecule has 140 valence electrons. The van der Waals surface area contributed by atoms with Crippen molar-refractivity contribution in [3.05, 3.63) is 60.0 Å². The average molecular weight is 366 g/mol. The number of nitrogens with zero attached hydrogens (tertiary/aromatic N) is 3. The normalized spacial score (nSPS) is 16.3. The largest absolute Gasteiger partial charge is 0.394 e. The van der Waals surface area contributed by atoms with E-state index in [1.54, 1.807) is 18.6 Å². The van der Waals surface area contributed by atoms with E-state index >= 15 is 0 Å². The van der Waals surface area contributed by atoms with E-state index in [1.807, 2.05) is 30.3 Å². The lowest BCUT2D eigenvalue weighted by Gasteiger charge is -2.23. The Labute approximate surface area is 157 Å². The quantitative estimate of drug-likeness (QED) is 0.723. The second kappa shape index (κ2) is 7.85. The summed E-state index contributed by atoms with van der Waals surface area (Å²) in [5, 5.41) is 12.5. The van der Waals surface area contributed by atoms with Gasteiger partial charge in [-0.15, -0.1) is 0 Å². The molecule has 0 aliphatic carbocycles. The molecule has 7 heteroatoms. The van der Waals surface area contributed by atoms with Crippen LogP contribution in [0.15, 0.2) is 48.9 Å². The fourth-order valence-electron chi connectivity index (χ4n) is 3.43. The summed E-state index contributed by atoms with van der Waals surface area (Å²) in [6.07, 6.45) is 5.22. The lowest BCUT2D eigenvalue weighted by atomic mass is 10.1. The smallest absolute Gasteiger partial charge is 0.253 e. The number of fused-ring (bicyclic) bond motifs is 1. The van der Waals surface area contributed by atoms with E-state index in [2.05, 4.69) is 19.9 Å². The number of carbonyl (C=O) groups excluding carboxylic acids is 1. The van der Waals surface area contributed by atoms with Crippen LogP contribution in [0.3, 0.4) is 0 Å². The van der Waals surface area contributed by atoms with E-state index in [0.29, 0.717) is 17.1 Å². The predicted octanol–water partition coefficient (Wildman–Crippen LogP) is 2.25. The second-order valence-corrected chi connectivity index (χ2v) is 6.68. The number of nitrogens with one attached hydrogen (secondary N) is 1. The van der Waals surface area contributed by atoms with Gasteiger partial charge < -0.3 is 19.7 Å². The summed E-state index contributed by atoms with van der Waals surface area (Å²) in [4.78, 5) is 21.5. The van der Waals surface area contributed by atoms with Crippen molar-refractivity contribution in [1.82, 2.24) is 19.9 Å². The molecule has 2 N–H and O–H groups in total. The first-order chi connectivity index (χ1) is 13.3. The third-order valence-corrected chi connectivity index (χ3v) is 4.95. The van der Waals surface area contributed by atoms with E-state index in [0.717, 1.165) is 37.3 Å². The fourth-order valence-corrected chi connectivity index (χ4v) is 3.43. The number of carbonyl (C=O) groups is 1. The number of rotatable bonds is 5. The molecular weight excluding hydrogens is 344 g/mol. The Morgan fingerprint density at radius 3 is 2.78 bits per heavy atom. The standard InChI is InChI=1S/C20H22N4O3/c25-12-18(14-4-2-1-3-5-14)23-20(26)15-10-17-19(21-11-15)24(13-22-17)16-6-8-27-9-7-16/h1-5,10-11,13,16,18,25H,6-9,12H2,(H,23,26). The molecule has 1 amide bonds. The molecule has 2 aromatic heterocycles. The van der Waals surface area contributed by atoms with Crippen molar-refractivity contribution in [2.45, 2.75) is 24.9 Å². The van der Waals surface area contributed by atoms with Crippen LogP contribution in [0.5, 0.6) is 0 Å². The van der Waals surface area contributed by atoms with Crippen molar-refractivity contribution in [1.29, 1.82) is 0 Å². The maximum atomic E-state index is 12.6. The Morgan fingerprint density at radius 2 is 2.04 bits per heavy atom. The van der Waals surface area contributed by atoms with Crippen LogP contribution in [-0.2, 0) is 4.74 Å². The summed E-state index contributed by atoms with van der Waals surface area (Å²) >= 11 is 0. The number of pyridine rings is 1. The lowest BCUT2D eigenvalue weighted by Crippen LogP contribution is -2.30. The lowest BCUT2D eigenvalue weighted by molar-refractivity contribution is 0.0704. The zero-order valence-corrected chi connectivity index (χ0v) is 14.9. The van der Waals surface area contributed by atoms with Gasteiger partial charge in [-0.1, -0.05) is 30.3 Å². The zero-order chi connectivity index (χ0) is 18.6. The molecule has 1 fully saturated rings. The predicted molar refractivity (Wildman–Crippen MR) is 100 cm³/mol. The van der Waals surface area contributed by atoms with Crippen molar-refractivity contribution in [3.63, 3.8) is 0 Å². The number of aliphatic hydroxyl groups excluding tert-OH is 1. The Kier molecular flexibility index (Phi) is 5.13. The highest BCUT2D eigenvalue weighted by atomic mass is 16.5. The summed E-state index contributed by atoms with van der Waals surface area (Å²) in [7, 11) is 0. The molecule has 1 unspecified atom stereocenters. The van der Waals surface area contributed by atoms with Crippen molar-refractivity contribution in [2.24, 2.45) is 0 Å². The number of aliphatic hydroxyl groups is 1. The Hall–Kier alpha value is -2.77. The number of amides is 1. The van der Waals surface area contributed by atoms with E-state index < -0.39 is 6.04 Å². The fraction of sp³-hybridized carbons (Fsp3) is 0.350. The molecule has 0 radical (unpaired) electrons. The van der Waals surface area contributed by atoms with Crippen molar-refractivity contribution in [3.8, 4) is 0 Å². The van der Waals surface area contributed by atoms with Crippen LogP contribution in [0.4, 0.5) is 0 Å². The minimum Gasteiger partial charge on any atom is -0.394 e. The van der Waals surface area contributed by atoms with Gasteiger partial charge in [-0.2, -0.15) is 0 Å². The Morgan fingerprint density at radius 1 is 1.26 bits per heavy atom. The van der Waals surface area contributed by atoms with Gasteiger partial charge in [0.25, 0.3) is 5.91 Å². The minimum atomic E-state index is -0.464. The summed E-state index contributed by atoms with van der Waals surface area (Å²) in [6, 6.07) is 11.0. The number of imidazole rings is 1. The van der Waals surface area contributed by atoms with Gasteiger partial charge in [-0.3, -0.25) is 4.79 Å². The zero-order valence-electron chi connectivity index (χ0n) is 14.9. The van der Waals surface area contributed by atoms with Gasteiger partial charge >= 0.3 is 0 Å². The molecule has 1 aliphatic heterocycles. The molecule has 1 aliphatic rings. The van der Waals surface area contributed by atoms with Gasteiger partial charge in [0, 0.05) is 25.5 Å². The molecule has 1 saturated heterocycles. The topological polar surface area (TPSA) is 89.3 Å². The molecule has 7 nitrogen and oxygen atoms in total. The van der Waals surface area contributed by atoms with Gasteiger partial charge in [0.2, 0.25) is 0 Å². The van der Waals surface area contributed by atoms with Crippen LogP contribution in [0.2, 0.25) is 0 Å². The highest BCUT2D eigenvalue weighted by molar-refractivity contribution is 5.96. The molecule has 0 bridgehead atoms. The summed E-state index contributed by atoms with van der Waals surface area (Å²) in [6.45, 7) is 1.31. The second-order valence-electron chi connectivity index (χ2n) is 6.68. The van der Waals surface area contributed by atoms with Crippen LogP contribution in [0.1, 0.15) is 40.8 Å². The van der Waals surface area contributed by atoms with Crippen LogP contribution >= 0.6 is 0 Å². The summed E-state index contributed by atoms with van der Waals surface area (Å²) < 4.78 is 7.49. The SMILES string of the molecule is O=C(NC(CO)c1ccccc1)c1cnc2c(c1)ncn2C1CCOCC1. The third kappa shape index (κ3) is 3.70. The molecule has 27 heavy (non-hydrogen) atoms. The van der Waals surface area contributed by atoms with Crippen molar-refractivity contribution < 1.29 is 14.6 Å². The van der Waals surface area contributed by atoms with Crippen LogP contribution in [0, 0.1) is 0 Å². The Bertz CT molecular complexity index is 919. The van der Waals surface area contributed by atoms with Crippen molar-refractivity contribution >= 4 is 17.1 Å². The monoisotopic (exact) mass is 366 g/mol. The number of benzene rings is 1. The minimum absolute atomic E-state index is 0.177. The van der Waals surface area contributed by atoms with Gasteiger partial charge in [0.15, 0.2) is 5.65 Å². The Balaban J connectivity index is 1.54. The molecule has 1 aromatic carbocycles. The summed E-state index contributed by atoms with van der Waals surface area (Å²) in [5.41, 5.74) is 2.75. The van der Waals surface area contributed by atoms with Crippen LogP contribution < -0.4 is 5.32 Å². The maximum Gasteiger partial charge on any atom is 0.253 e. The number of hydrogen-bond donors (Lipinski definition) is 2. The van der Waals surface area contributed by atoms with Gasteiger partial charge in [0.05, 0.1) is 24.5 Å². The molecule has 3 heterocycles. The van der Waals surface area contributed by atoms with Crippen LogP contribution in [-0.4, -0.2) is 45.4 Å². The maximum absolute atomic E-state index is 12.6.